The van der Waals surface area contributed by atoms with Crippen LogP contribution in [-0.4, -0.2) is 55.8 Å². The van der Waals surface area contributed by atoms with Crippen molar-refractivity contribution in [2.45, 2.75) is 69.7 Å². The number of hydrogen-bond acceptors (Lipinski definition) is 8. The Morgan fingerprint density at radius 3 is 1.54 bits per heavy atom. The van der Waals surface area contributed by atoms with E-state index < -0.39 is 36.8 Å². The quantitative estimate of drug-likeness (QED) is 0.135. The van der Waals surface area contributed by atoms with Crippen LogP contribution in [-0.2, 0) is 64.4 Å². The number of carbonyl (C=O) groups is 1. The Kier molecular flexibility index (Phi) is 12.5. The van der Waals surface area contributed by atoms with E-state index in [4.69, 9.17) is 33.2 Å². The SMILES string of the molecule is O=C1C=CO[C@@H](CO[C@@H]2O[C@H](COCc3ccccc3)[C@H](OCc3ccccc3)[C@H](OCc3ccccc3)[C@H]2OCc2ccccc2)C1. The molecule has 1 fully saturated rings. The van der Waals surface area contributed by atoms with Crippen LogP contribution in [0.15, 0.2) is 134 Å². The van der Waals surface area contributed by atoms with Crippen LogP contribution in [0.3, 0.4) is 0 Å². The van der Waals surface area contributed by atoms with Crippen LogP contribution in [0.5, 0.6) is 0 Å². The van der Waals surface area contributed by atoms with Crippen molar-refractivity contribution < 1.29 is 38.0 Å². The third-order valence-electron chi connectivity index (χ3n) is 8.24. The molecule has 0 aliphatic carbocycles. The number of rotatable bonds is 16. The molecule has 0 bridgehead atoms. The Morgan fingerprint density at radius 2 is 1.02 bits per heavy atom. The summed E-state index contributed by atoms with van der Waals surface area (Å²) < 4.78 is 45.1. The average molecular weight is 651 g/mol. The lowest BCUT2D eigenvalue weighted by Gasteiger charge is -2.46. The van der Waals surface area contributed by atoms with Crippen LogP contribution in [0.25, 0.3) is 0 Å². The number of ketones is 1. The largest absolute Gasteiger partial charge is 0.495 e. The molecule has 1 saturated heterocycles. The molecule has 0 spiro atoms. The van der Waals surface area contributed by atoms with E-state index in [1.54, 1.807) is 0 Å². The predicted molar refractivity (Wildman–Crippen MR) is 179 cm³/mol. The van der Waals surface area contributed by atoms with E-state index in [0.717, 1.165) is 22.3 Å². The van der Waals surface area contributed by atoms with Crippen molar-refractivity contribution in [3.63, 3.8) is 0 Å². The summed E-state index contributed by atoms with van der Waals surface area (Å²) >= 11 is 0. The van der Waals surface area contributed by atoms with E-state index >= 15 is 0 Å². The van der Waals surface area contributed by atoms with E-state index in [1.807, 2.05) is 121 Å². The maximum Gasteiger partial charge on any atom is 0.187 e. The topological polar surface area (TPSA) is 81.7 Å². The fraction of sp³-hybridized carbons (Fsp3) is 0.325. The molecule has 2 aliphatic rings. The number of benzene rings is 4. The lowest BCUT2D eigenvalue weighted by molar-refractivity contribution is -0.331. The van der Waals surface area contributed by atoms with E-state index in [0.29, 0.717) is 26.4 Å². The van der Waals surface area contributed by atoms with Crippen LogP contribution >= 0.6 is 0 Å². The number of hydrogen-bond donors (Lipinski definition) is 0. The zero-order valence-corrected chi connectivity index (χ0v) is 26.9. The van der Waals surface area contributed by atoms with Crippen molar-refractivity contribution in [2.24, 2.45) is 0 Å². The molecule has 0 radical (unpaired) electrons. The first kappa shape index (κ1) is 33.7. The third-order valence-corrected chi connectivity index (χ3v) is 8.24. The van der Waals surface area contributed by atoms with Gasteiger partial charge in [-0.3, -0.25) is 4.79 Å². The second-order valence-corrected chi connectivity index (χ2v) is 11.9. The van der Waals surface area contributed by atoms with Gasteiger partial charge in [0.2, 0.25) is 0 Å². The Bertz CT molecular complexity index is 1530. The van der Waals surface area contributed by atoms with Crippen molar-refractivity contribution in [3.05, 3.63) is 156 Å². The molecule has 250 valence electrons. The molecule has 48 heavy (non-hydrogen) atoms. The van der Waals surface area contributed by atoms with Crippen molar-refractivity contribution in [1.82, 2.24) is 0 Å². The molecule has 6 atom stereocenters. The molecule has 0 unspecified atom stereocenters. The molecular formula is C40H42O8. The van der Waals surface area contributed by atoms with Gasteiger partial charge in [0, 0.05) is 12.5 Å². The summed E-state index contributed by atoms with van der Waals surface area (Å²) in [6.07, 6.45) is -0.643. The minimum atomic E-state index is -0.860. The van der Waals surface area contributed by atoms with Crippen LogP contribution in [0, 0.1) is 0 Å². The zero-order valence-electron chi connectivity index (χ0n) is 26.9. The highest BCUT2D eigenvalue weighted by atomic mass is 16.7. The van der Waals surface area contributed by atoms with Crippen molar-refractivity contribution >= 4 is 5.78 Å². The van der Waals surface area contributed by atoms with Crippen molar-refractivity contribution in [3.8, 4) is 0 Å². The van der Waals surface area contributed by atoms with Crippen molar-refractivity contribution in [1.29, 1.82) is 0 Å². The molecular weight excluding hydrogens is 608 g/mol. The summed E-state index contributed by atoms with van der Waals surface area (Å²) in [6.45, 7) is 1.75. The highest BCUT2D eigenvalue weighted by Gasteiger charge is 2.49. The standard InChI is InChI=1S/C40H42O8/c41-34-21-22-43-35(23-34)28-47-40-39(46-27-33-19-11-4-12-20-33)38(45-26-32-17-9-3-10-18-32)37(44-25-31-15-7-2-8-16-31)36(48-40)29-42-24-30-13-5-1-6-14-30/h1-22,35-40H,23-29H2/t35-,36-,37+,38+,39-,40-/m1/s1. The molecule has 4 aromatic carbocycles. The Balaban J connectivity index is 1.28. The lowest BCUT2D eigenvalue weighted by atomic mass is 9.97. The Labute approximate surface area is 282 Å². The maximum absolute atomic E-state index is 12.1. The average Bonchev–Trinajstić information content (AvgIpc) is 3.13. The lowest BCUT2D eigenvalue weighted by Crippen LogP contribution is -2.62. The van der Waals surface area contributed by atoms with Gasteiger partial charge in [-0.2, -0.15) is 0 Å². The molecule has 6 rings (SSSR count). The molecule has 2 aliphatic heterocycles. The molecule has 8 nitrogen and oxygen atoms in total. The summed E-state index contributed by atoms with van der Waals surface area (Å²) in [4.78, 5) is 12.1. The molecule has 2 heterocycles. The first-order valence-corrected chi connectivity index (χ1v) is 16.4. The van der Waals surface area contributed by atoms with Gasteiger partial charge >= 0.3 is 0 Å². The number of ether oxygens (including phenoxy) is 7. The minimum Gasteiger partial charge on any atom is -0.495 e. The highest BCUT2D eigenvalue weighted by molar-refractivity contribution is 5.90. The van der Waals surface area contributed by atoms with Crippen LogP contribution < -0.4 is 0 Å². The Morgan fingerprint density at radius 1 is 0.542 bits per heavy atom. The van der Waals surface area contributed by atoms with Crippen LogP contribution in [0.2, 0.25) is 0 Å². The summed E-state index contributed by atoms with van der Waals surface area (Å²) in [7, 11) is 0. The van der Waals surface area contributed by atoms with Gasteiger partial charge in [-0.15, -0.1) is 0 Å². The van der Waals surface area contributed by atoms with Gasteiger partial charge < -0.3 is 33.2 Å². The fourth-order valence-corrected chi connectivity index (χ4v) is 5.75. The van der Waals surface area contributed by atoms with Gasteiger partial charge in [-0.25, -0.2) is 0 Å². The number of carbonyl (C=O) groups excluding carboxylic acids is 1. The van der Waals surface area contributed by atoms with Gasteiger partial charge in [0.1, 0.15) is 30.5 Å². The second-order valence-electron chi connectivity index (χ2n) is 11.9. The number of allylic oxidation sites excluding steroid dienone is 1. The maximum atomic E-state index is 12.1. The molecule has 0 aromatic heterocycles. The first-order chi connectivity index (χ1) is 23.7. The van der Waals surface area contributed by atoms with E-state index in [2.05, 4.69) is 0 Å². The normalized spacial score (nSPS) is 23.9. The monoisotopic (exact) mass is 650 g/mol. The molecule has 8 heteroatoms. The van der Waals surface area contributed by atoms with E-state index in [-0.39, 0.29) is 25.4 Å². The Hall–Kier alpha value is -4.15. The smallest absolute Gasteiger partial charge is 0.187 e. The fourth-order valence-electron chi connectivity index (χ4n) is 5.75. The van der Waals surface area contributed by atoms with Gasteiger partial charge in [0.05, 0.1) is 45.9 Å². The van der Waals surface area contributed by atoms with Crippen LogP contribution in [0.1, 0.15) is 28.7 Å². The predicted octanol–water partition coefficient (Wildman–Crippen LogP) is 6.57. The van der Waals surface area contributed by atoms with Gasteiger partial charge in [0.15, 0.2) is 12.1 Å². The van der Waals surface area contributed by atoms with Gasteiger partial charge in [-0.05, 0) is 22.3 Å². The molecule has 0 amide bonds. The third kappa shape index (κ3) is 9.93. The molecule has 4 aromatic rings. The first-order valence-electron chi connectivity index (χ1n) is 16.4. The summed E-state index contributed by atoms with van der Waals surface area (Å²) in [5.41, 5.74) is 4.09. The summed E-state index contributed by atoms with van der Waals surface area (Å²) in [5, 5.41) is 0. The van der Waals surface area contributed by atoms with Crippen molar-refractivity contribution in [2.75, 3.05) is 13.2 Å². The van der Waals surface area contributed by atoms with Gasteiger partial charge in [-0.1, -0.05) is 121 Å². The van der Waals surface area contributed by atoms with Crippen LogP contribution in [0.4, 0.5) is 0 Å². The minimum absolute atomic E-state index is 0.0121. The molecule has 0 saturated carbocycles. The van der Waals surface area contributed by atoms with E-state index in [9.17, 15) is 4.79 Å². The van der Waals surface area contributed by atoms with E-state index in [1.165, 1.54) is 12.3 Å². The summed E-state index contributed by atoms with van der Waals surface area (Å²) in [6, 6.07) is 40.0. The highest BCUT2D eigenvalue weighted by Crippen LogP contribution is 2.32. The molecule has 0 N–H and O–H groups in total. The zero-order chi connectivity index (χ0) is 32.8. The second kappa shape index (κ2) is 17.8. The van der Waals surface area contributed by atoms with Gasteiger partial charge in [0.25, 0.3) is 0 Å². The summed E-state index contributed by atoms with van der Waals surface area (Å²) in [5.74, 6) is -0.0121.